The van der Waals surface area contributed by atoms with E-state index < -0.39 is 0 Å². The average molecular weight is 300 g/mol. The zero-order chi connectivity index (χ0) is 14.7. The van der Waals surface area contributed by atoms with Gasteiger partial charge in [0.25, 0.3) is 5.56 Å². The van der Waals surface area contributed by atoms with Crippen LogP contribution in [-0.4, -0.2) is 21.1 Å². The summed E-state index contributed by atoms with van der Waals surface area (Å²) in [6.07, 6.45) is 3.49. The number of benzene rings is 1. The predicted octanol–water partition coefficient (Wildman–Crippen LogP) is 2.37. The van der Waals surface area contributed by atoms with E-state index in [2.05, 4.69) is 46.6 Å². The number of nitrogens with zero attached hydrogens (tertiary/aromatic N) is 3. The molecule has 5 nitrogen and oxygen atoms in total. The topological polar surface area (TPSA) is 59.3 Å². The van der Waals surface area contributed by atoms with Crippen LogP contribution in [0.2, 0.25) is 0 Å². The minimum Gasteiger partial charge on any atom is -0.360 e. The van der Waals surface area contributed by atoms with Gasteiger partial charge in [-0.05, 0) is 24.0 Å². The van der Waals surface area contributed by atoms with Gasteiger partial charge in [0.1, 0.15) is 0 Å². The Bertz CT molecular complexity index is 791. The molecule has 0 atom stereocenters. The van der Waals surface area contributed by atoms with Crippen molar-refractivity contribution in [2.24, 2.45) is 0 Å². The van der Waals surface area contributed by atoms with Gasteiger partial charge in [-0.1, -0.05) is 42.5 Å². The molecule has 0 aliphatic heterocycles. The molecule has 0 aliphatic carbocycles. The third-order valence-corrected chi connectivity index (χ3v) is 4.17. The van der Waals surface area contributed by atoms with Crippen LogP contribution < -0.4 is 10.9 Å². The normalized spacial score (nSPS) is 10.9. The highest BCUT2D eigenvalue weighted by molar-refractivity contribution is 7.20. The zero-order valence-corrected chi connectivity index (χ0v) is 12.6. The molecule has 1 aromatic carbocycles. The van der Waals surface area contributed by atoms with Gasteiger partial charge in [0.15, 0.2) is 0 Å². The number of hydrogen-bond acceptors (Lipinski definition) is 5. The van der Waals surface area contributed by atoms with Crippen LogP contribution in [-0.2, 0) is 12.8 Å². The number of nitrogens with one attached hydrogen (secondary N) is 1. The number of rotatable bonds is 5. The molecule has 0 aliphatic rings. The second kappa shape index (κ2) is 6.05. The zero-order valence-electron chi connectivity index (χ0n) is 11.7. The lowest BCUT2D eigenvalue weighted by Gasteiger charge is -2.03. The van der Waals surface area contributed by atoms with E-state index in [4.69, 9.17) is 0 Å². The fraction of sp³-hybridized carbons (Fsp3) is 0.267. The molecule has 0 amide bonds. The van der Waals surface area contributed by atoms with Gasteiger partial charge >= 0.3 is 0 Å². The van der Waals surface area contributed by atoms with Crippen LogP contribution in [0.25, 0.3) is 4.96 Å². The fourth-order valence-electron chi connectivity index (χ4n) is 2.07. The van der Waals surface area contributed by atoms with Crippen molar-refractivity contribution >= 4 is 21.4 Å². The fourth-order valence-corrected chi connectivity index (χ4v) is 2.87. The quantitative estimate of drug-likeness (QED) is 0.786. The Hall–Kier alpha value is -2.21. The van der Waals surface area contributed by atoms with E-state index in [9.17, 15) is 4.79 Å². The molecule has 0 bridgehead atoms. The van der Waals surface area contributed by atoms with Crippen molar-refractivity contribution in [3.63, 3.8) is 0 Å². The first-order valence-electron chi connectivity index (χ1n) is 6.93. The summed E-state index contributed by atoms with van der Waals surface area (Å²) in [4.78, 5) is 16.3. The van der Waals surface area contributed by atoms with E-state index in [1.165, 1.54) is 39.2 Å². The Balaban J connectivity index is 1.63. The summed E-state index contributed by atoms with van der Waals surface area (Å²) < 4.78 is 1.32. The predicted molar refractivity (Wildman–Crippen MR) is 85.1 cm³/mol. The largest absolute Gasteiger partial charge is 0.360 e. The highest BCUT2D eigenvalue weighted by Crippen LogP contribution is 2.15. The summed E-state index contributed by atoms with van der Waals surface area (Å²) in [5, 5.41) is 8.18. The highest BCUT2D eigenvalue weighted by atomic mass is 32.1. The lowest BCUT2D eigenvalue weighted by atomic mass is 10.1. The van der Waals surface area contributed by atoms with Crippen LogP contribution in [0.4, 0.5) is 5.13 Å². The van der Waals surface area contributed by atoms with Crippen LogP contribution in [0.1, 0.15) is 18.1 Å². The number of aryl methyl sites for hydroxylation is 1. The van der Waals surface area contributed by atoms with Gasteiger partial charge in [-0.25, -0.2) is 4.98 Å². The molecule has 108 valence electrons. The van der Waals surface area contributed by atoms with Crippen LogP contribution >= 0.6 is 11.3 Å². The Morgan fingerprint density at radius 1 is 1.19 bits per heavy atom. The molecule has 6 heteroatoms. The van der Waals surface area contributed by atoms with Crippen molar-refractivity contribution in [1.82, 2.24) is 14.6 Å². The SMILES string of the molecule is CCc1ccc(CCNc2nn3c(=O)ccnc3s2)cc1. The van der Waals surface area contributed by atoms with Gasteiger partial charge in [0.05, 0.1) is 0 Å². The van der Waals surface area contributed by atoms with Crippen molar-refractivity contribution in [3.8, 4) is 0 Å². The van der Waals surface area contributed by atoms with Crippen molar-refractivity contribution in [1.29, 1.82) is 0 Å². The maximum absolute atomic E-state index is 11.6. The van der Waals surface area contributed by atoms with Crippen LogP contribution in [0.5, 0.6) is 0 Å². The summed E-state index contributed by atoms with van der Waals surface area (Å²) >= 11 is 1.38. The maximum atomic E-state index is 11.6. The van der Waals surface area contributed by atoms with Gasteiger partial charge in [-0.2, -0.15) is 4.52 Å². The first kappa shape index (κ1) is 13.8. The Morgan fingerprint density at radius 3 is 2.67 bits per heavy atom. The van der Waals surface area contributed by atoms with Crippen LogP contribution in [0.3, 0.4) is 0 Å². The Labute approximate surface area is 126 Å². The Morgan fingerprint density at radius 2 is 1.95 bits per heavy atom. The molecule has 0 radical (unpaired) electrons. The molecule has 21 heavy (non-hydrogen) atoms. The summed E-state index contributed by atoms with van der Waals surface area (Å²) in [5.41, 5.74) is 2.49. The van der Waals surface area contributed by atoms with E-state index in [1.807, 2.05) is 0 Å². The minimum atomic E-state index is -0.153. The summed E-state index contributed by atoms with van der Waals surface area (Å²) in [5.74, 6) is 0. The Kier molecular flexibility index (Phi) is 3.96. The molecule has 1 N–H and O–H groups in total. The van der Waals surface area contributed by atoms with Crippen molar-refractivity contribution in [3.05, 3.63) is 58.0 Å². The van der Waals surface area contributed by atoms with E-state index in [0.29, 0.717) is 4.96 Å². The standard InChI is InChI=1S/C15H16N4OS/c1-2-11-3-5-12(6-4-11)7-9-16-14-18-19-13(20)8-10-17-15(19)21-14/h3-6,8,10H,2,7,9H2,1H3,(H,16,18). The van der Waals surface area contributed by atoms with Gasteiger partial charge in [0, 0.05) is 18.8 Å². The lowest BCUT2D eigenvalue weighted by Crippen LogP contribution is -2.13. The highest BCUT2D eigenvalue weighted by Gasteiger charge is 2.05. The molecule has 3 rings (SSSR count). The van der Waals surface area contributed by atoms with Crippen molar-refractivity contribution < 1.29 is 0 Å². The minimum absolute atomic E-state index is 0.153. The number of aromatic nitrogens is 3. The molecule has 0 fully saturated rings. The average Bonchev–Trinajstić information content (AvgIpc) is 2.92. The molecule has 0 saturated heterocycles. The third-order valence-electron chi connectivity index (χ3n) is 3.29. The summed E-state index contributed by atoms with van der Waals surface area (Å²) in [6, 6.07) is 10.1. The van der Waals surface area contributed by atoms with Crippen molar-refractivity contribution in [2.45, 2.75) is 19.8 Å². The molecular formula is C15H16N4OS. The molecular weight excluding hydrogens is 284 g/mol. The van der Waals surface area contributed by atoms with E-state index in [0.717, 1.165) is 24.5 Å². The number of hydrogen-bond donors (Lipinski definition) is 1. The second-order valence-electron chi connectivity index (χ2n) is 4.73. The van der Waals surface area contributed by atoms with Gasteiger partial charge in [-0.3, -0.25) is 4.79 Å². The van der Waals surface area contributed by atoms with Gasteiger partial charge in [-0.15, -0.1) is 5.10 Å². The summed E-state index contributed by atoms with van der Waals surface area (Å²) in [6.45, 7) is 2.93. The maximum Gasteiger partial charge on any atom is 0.275 e. The van der Waals surface area contributed by atoms with E-state index >= 15 is 0 Å². The van der Waals surface area contributed by atoms with Crippen LogP contribution in [0, 0.1) is 0 Å². The van der Waals surface area contributed by atoms with Crippen LogP contribution in [0.15, 0.2) is 41.3 Å². The first-order valence-corrected chi connectivity index (χ1v) is 7.74. The monoisotopic (exact) mass is 300 g/mol. The smallest absolute Gasteiger partial charge is 0.275 e. The molecule has 0 saturated carbocycles. The number of anilines is 1. The molecule has 3 aromatic rings. The lowest BCUT2D eigenvalue weighted by molar-refractivity contribution is 0.891. The first-order chi connectivity index (χ1) is 10.3. The molecule has 0 spiro atoms. The van der Waals surface area contributed by atoms with Gasteiger partial charge < -0.3 is 5.32 Å². The number of fused-ring (bicyclic) bond motifs is 1. The molecule has 0 unspecified atom stereocenters. The van der Waals surface area contributed by atoms with Gasteiger partial charge in [0.2, 0.25) is 10.1 Å². The molecule has 2 heterocycles. The van der Waals surface area contributed by atoms with E-state index in [1.54, 1.807) is 0 Å². The van der Waals surface area contributed by atoms with Crippen molar-refractivity contribution in [2.75, 3.05) is 11.9 Å². The second-order valence-corrected chi connectivity index (χ2v) is 5.69. The van der Waals surface area contributed by atoms with E-state index in [-0.39, 0.29) is 5.56 Å². The summed E-state index contributed by atoms with van der Waals surface area (Å²) in [7, 11) is 0. The molecule has 2 aromatic heterocycles. The third kappa shape index (κ3) is 3.11.